The fourth-order valence-corrected chi connectivity index (χ4v) is 6.74. The van der Waals surface area contributed by atoms with Crippen molar-refractivity contribution in [2.75, 3.05) is 44.2 Å². The molecule has 0 bridgehead atoms. The third kappa shape index (κ3) is 7.47. The number of benzene rings is 1. The summed E-state index contributed by atoms with van der Waals surface area (Å²) in [5, 5.41) is 9.40. The number of aryl methyl sites for hydroxylation is 1. The molecule has 4 heterocycles. The van der Waals surface area contributed by atoms with Crippen LogP contribution in [0.3, 0.4) is 0 Å². The molecule has 232 valence electrons. The molecular formula is C29H33F5N6O2S. The molecule has 2 aliphatic heterocycles. The molecule has 2 aliphatic rings. The number of hydrogen-bond acceptors (Lipinski definition) is 8. The predicted molar refractivity (Wildman–Crippen MR) is 152 cm³/mol. The molecule has 0 aliphatic carbocycles. The molecule has 1 N–H and O–H groups in total. The molecule has 43 heavy (non-hydrogen) atoms. The van der Waals surface area contributed by atoms with Gasteiger partial charge in [0, 0.05) is 62.2 Å². The molecule has 8 nitrogen and oxygen atoms in total. The van der Waals surface area contributed by atoms with Crippen molar-refractivity contribution >= 4 is 23.1 Å². The lowest BCUT2D eigenvalue weighted by Crippen LogP contribution is -2.47. The minimum Gasteiger partial charge on any atom is -0.481 e. The van der Waals surface area contributed by atoms with Gasteiger partial charge in [0.25, 0.3) is 0 Å². The summed E-state index contributed by atoms with van der Waals surface area (Å²) >= 11 is 1.27. The Balaban J connectivity index is 1.43. The van der Waals surface area contributed by atoms with E-state index in [1.54, 1.807) is 6.92 Å². The first-order valence-electron chi connectivity index (χ1n) is 14.2. The number of alkyl halides is 3. The first-order chi connectivity index (χ1) is 20.4. The van der Waals surface area contributed by atoms with E-state index >= 15 is 4.39 Å². The highest BCUT2D eigenvalue weighted by atomic mass is 32.1. The molecule has 0 amide bonds. The maximum atomic E-state index is 15.9. The van der Waals surface area contributed by atoms with E-state index in [9.17, 15) is 22.4 Å². The smallest absolute Gasteiger partial charge is 0.416 e. The van der Waals surface area contributed by atoms with Crippen molar-refractivity contribution in [2.24, 2.45) is 0 Å². The average molecular weight is 625 g/mol. The largest absolute Gasteiger partial charge is 0.481 e. The molecule has 2 fully saturated rings. The Morgan fingerprint density at radius 2 is 1.81 bits per heavy atom. The first-order valence-corrected chi connectivity index (χ1v) is 15.0. The van der Waals surface area contributed by atoms with Crippen LogP contribution >= 0.6 is 11.3 Å². The van der Waals surface area contributed by atoms with Gasteiger partial charge in [-0.2, -0.15) is 13.2 Å². The van der Waals surface area contributed by atoms with E-state index in [2.05, 4.69) is 26.8 Å². The highest BCUT2D eigenvalue weighted by molar-refractivity contribution is 7.12. The van der Waals surface area contributed by atoms with Crippen LogP contribution < -0.4 is 4.90 Å². The second kappa shape index (κ2) is 12.8. The summed E-state index contributed by atoms with van der Waals surface area (Å²) in [4.78, 5) is 30.9. The van der Waals surface area contributed by atoms with Crippen molar-refractivity contribution < 1.29 is 31.9 Å². The van der Waals surface area contributed by atoms with Gasteiger partial charge in [0.2, 0.25) is 0 Å². The molecule has 0 unspecified atom stereocenters. The van der Waals surface area contributed by atoms with Gasteiger partial charge in [-0.05, 0) is 51.4 Å². The number of rotatable bonds is 9. The molecule has 2 aromatic heterocycles. The van der Waals surface area contributed by atoms with Gasteiger partial charge in [-0.25, -0.2) is 23.7 Å². The Hall–Kier alpha value is -3.23. The van der Waals surface area contributed by atoms with Crippen molar-refractivity contribution in [1.82, 2.24) is 24.8 Å². The average Bonchev–Trinajstić information content (AvgIpc) is 3.54. The third-order valence-electron chi connectivity index (χ3n) is 7.92. The molecule has 0 radical (unpaired) electrons. The summed E-state index contributed by atoms with van der Waals surface area (Å²) in [6, 6.07) is 2.70. The van der Waals surface area contributed by atoms with Crippen molar-refractivity contribution in [2.45, 2.75) is 58.3 Å². The molecule has 2 saturated heterocycles. The van der Waals surface area contributed by atoms with Crippen LogP contribution in [0, 0.1) is 18.6 Å². The number of carboxylic acids is 1. The number of thiazole rings is 1. The van der Waals surface area contributed by atoms with E-state index in [0.717, 1.165) is 31.5 Å². The van der Waals surface area contributed by atoms with Gasteiger partial charge < -0.3 is 10.0 Å². The van der Waals surface area contributed by atoms with Gasteiger partial charge in [-0.3, -0.25) is 14.6 Å². The molecule has 0 spiro atoms. The predicted octanol–water partition coefficient (Wildman–Crippen LogP) is 5.38. The number of likely N-dealkylation sites (tertiary alicyclic amines) is 1. The normalized spacial score (nSPS) is 18.5. The zero-order valence-electron chi connectivity index (χ0n) is 23.9. The van der Waals surface area contributed by atoms with Crippen LogP contribution in [-0.4, -0.2) is 81.1 Å². The van der Waals surface area contributed by atoms with E-state index in [1.165, 1.54) is 11.3 Å². The number of aromatic nitrogens is 3. The molecule has 1 aromatic carbocycles. The SMILES string of the molecule is Cc1nc(Cc2nc(-c3cc(F)cc(C(F)(F)F)c3)c(CN3CCC[C@H]3C)s2)c(F)c(N2CCN(CCC(=O)O)CC2)n1. The zero-order chi connectivity index (χ0) is 30.9. The molecule has 1 atom stereocenters. The van der Waals surface area contributed by atoms with Gasteiger partial charge >= 0.3 is 12.1 Å². The van der Waals surface area contributed by atoms with Gasteiger partial charge in [0.15, 0.2) is 11.6 Å². The van der Waals surface area contributed by atoms with Gasteiger partial charge in [0.05, 0.1) is 28.4 Å². The Morgan fingerprint density at radius 3 is 2.47 bits per heavy atom. The minimum atomic E-state index is -4.72. The van der Waals surface area contributed by atoms with Crippen LogP contribution in [0.15, 0.2) is 18.2 Å². The zero-order valence-corrected chi connectivity index (χ0v) is 24.7. The van der Waals surface area contributed by atoms with Gasteiger partial charge in [-0.1, -0.05) is 0 Å². The summed E-state index contributed by atoms with van der Waals surface area (Å²) in [5.41, 5.74) is -0.694. The first kappa shape index (κ1) is 31.2. The maximum absolute atomic E-state index is 15.9. The Labute approximate surface area is 250 Å². The van der Waals surface area contributed by atoms with Crippen molar-refractivity contribution in [3.8, 4) is 11.3 Å². The molecule has 0 saturated carbocycles. The van der Waals surface area contributed by atoms with Crippen LogP contribution in [0.1, 0.15) is 53.2 Å². The number of carbonyl (C=O) groups is 1. The van der Waals surface area contributed by atoms with E-state index in [4.69, 9.17) is 5.11 Å². The molecule has 14 heteroatoms. The third-order valence-corrected chi connectivity index (χ3v) is 8.96. The summed E-state index contributed by atoms with van der Waals surface area (Å²) in [7, 11) is 0. The summed E-state index contributed by atoms with van der Waals surface area (Å²) in [6.07, 6.45) is -2.69. The quantitative estimate of drug-likeness (QED) is 0.318. The molecular weight excluding hydrogens is 591 g/mol. The number of hydrogen-bond donors (Lipinski definition) is 1. The highest BCUT2D eigenvalue weighted by Crippen LogP contribution is 2.37. The fraction of sp³-hybridized carbons (Fsp3) is 0.517. The second-order valence-corrected chi connectivity index (χ2v) is 12.2. The van der Waals surface area contributed by atoms with E-state index in [1.807, 2.05) is 9.80 Å². The van der Waals surface area contributed by atoms with Crippen molar-refractivity contribution in [3.05, 3.63) is 56.8 Å². The van der Waals surface area contributed by atoms with Gasteiger partial charge in [0.1, 0.15) is 11.6 Å². The standard InChI is InChI=1S/C29H33F5N6O2S/c1-17-4-3-6-40(17)16-23-27(19-12-20(29(32,33)34)14-21(30)13-19)37-24(43-23)15-22-26(31)28(36-18(2)35-22)39-10-8-38(9-11-39)7-5-25(41)42/h12-14,17H,3-11,15-16H2,1-2H3,(H,41,42)/t17-/m1/s1. The number of carboxylic acid groups (broad SMARTS) is 1. The van der Waals surface area contributed by atoms with Crippen molar-refractivity contribution in [3.63, 3.8) is 0 Å². The monoisotopic (exact) mass is 624 g/mol. The Morgan fingerprint density at radius 1 is 1.07 bits per heavy atom. The number of anilines is 1. The van der Waals surface area contributed by atoms with Gasteiger partial charge in [-0.15, -0.1) is 11.3 Å². The lowest BCUT2D eigenvalue weighted by atomic mass is 10.1. The lowest BCUT2D eigenvalue weighted by molar-refractivity contribution is -0.138. The number of aliphatic carboxylic acids is 1. The van der Waals surface area contributed by atoms with Crippen molar-refractivity contribution in [1.29, 1.82) is 0 Å². The number of piperazine rings is 1. The lowest BCUT2D eigenvalue weighted by Gasteiger charge is -2.35. The van der Waals surface area contributed by atoms with E-state index < -0.39 is 29.3 Å². The van der Waals surface area contributed by atoms with Crippen LogP contribution in [0.2, 0.25) is 0 Å². The van der Waals surface area contributed by atoms with Crippen LogP contribution in [0.5, 0.6) is 0 Å². The van der Waals surface area contributed by atoms with E-state index in [-0.39, 0.29) is 41.7 Å². The Bertz CT molecular complexity index is 1470. The summed E-state index contributed by atoms with van der Waals surface area (Å²) in [5.74, 6) is -1.96. The maximum Gasteiger partial charge on any atom is 0.416 e. The summed E-state index contributed by atoms with van der Waals surface area (Å²) in [6.45, 7) is 7.49. The highest BCUT2D eigenvalue weighted by Gasteiger charge is 2.33. The van der Waals surface area contributed by atoms with Crippen LogP contribution in [0.4, 0.5) is 27.8 Å². The molecule has 5 rings (SSSR count). The van der Waals surface area contributed by atoms with E-state index in [0.29, 0.717) is 61.0 Å². The molecule has 3 aromatic rings. The van der Waals surface area contributed by atoms with Crippen LogP contribution in [0.25, 0.3) is 11.3 Å². The fourth-order valence-electron chi connectivity index (χ4n) is 5.62. The number of nitrogens with zero attached hydrogens (tertiary/aromatic N) is 6. The topological polar surface area (TPSA) is 85.7 Å². The minimum absolute atomic E-state index is 0.00453. The second-order valence-electron chi connectivity index (χ2n) is 11.1. The van der Waals surface area contributed by atoms with Crippen LogP contribution in [-0.2, 0) is 23.9 Å². The number of halogens is 5. The Kier molecular flexibility index (Phi) is 9.28. The summed E-state index contributed by atoms with van der Waals surface area (Å²) < 4.78 is 70.8.